The number of nitrogens with zero attached hydrogens (tertiary/aromatic N) is 1. The summed E-state index contributed by atoms with van der Waals surface area (Å²) in [4.78, 5) is 28.5. The third-order valence-corrected chi connectivity index (χ3v) is 4.34. The summed E-state index contributed by atoms with van der Waals surface area (Å²) in [5.74, 6) is -0.297. The number of methoxy groups -OCH3 is 1. The minimum atomic E-state index is -0.857. The number of hydrogen-bond donors (Lipinski definition) is 2. The summed E-state index contributed by atoms with van der Waals surface area (Å²) in [6.45, 7) is 2.37. The van der Waals surface area contributed by atoms with Crippen LogP contribution in [0.1, 0.15) is 23.8 Å². The number of aliphatic carboxylic acids is 1. The van der Waals surface area contributed by atoms with Crippen LogP contribution in [0.15, 0.2) is 24.3 Å². The molecule has 1 aliphatic heterocycles. The van der Waals surface area contributed by atoms with Crippen molar-refractivity contribution in [3.8, 4) is 5.75 Å². The maximum absolute atomic E-state index is 12.6. The lowest BCUT2D eigenvalue weighted by Gasteiger charge is -2.19. The molecule has 0 spiro atoms. The number of amides is 1. The normalized spacial score (nSPS) is 21.3. The molecule has 116 valence electrons. The Kier molecular flexibility index (Phi) is 3.31. The van der Waals surface area contributed by atoms with Crippen LogP contribution in [0.2, 0.25) is 0 Å². The molecular weight excluding hydrogens is 284 g/mol. The summed E-state index contributed by atoms with van der Waals surface area (Å²) in [6.07, 6.45) is 0.474. The highest BCUT2D eigenvalue weighted by Crippen LogP contribution is 2.31. The summed E-state index contributed by atoms with van der Waals surface area (Å²) in [6, 6.07) is 7.31. The summed E-state index contributed by atoms with van der Waals surface area (Å²) >= 11 is 0. The first kappa shape index (κ1) is 14.4. The van der Waals surface area contributed by atoms with Crippen molar-refractivity contribution in [1.29, 1.82) is 0 Å². The number of carboxylic acid groups (broad SMARTS) is 1. The van der Waals surface area contributed by atoms with Crippen LogP contribution >= 0.6 is 0 Å². The van der Waals surface area contributed by atoms with Crippen LogP contribution in [0, 0.1) is 5.41 Å². The number of aromatic amines is 1. The number of fused-ring (bicyclic) bond motifs is 1. The molecule has 1 fully saturated rings. The molecule has 1 aromatic carbocycles. The van der Waals surface area contributed by atoms with Gasteiger partial charge in [0.1, 0.15) is 11.4 Å². The molecule has 2 aromatic rings. The van der Waals surface area contributed by atoms with Crippen LogP contribution in [0.3, 0.4) is 0 Å². The molecule has 1 amide bonds. The number of carbonyl (C=O) groups excluding carboxylic acids is 1. The molecule has 6 nitrogen and oxygen atoms in total. The van der Waals surface area contributed by atoms with Crippen LogP contribution in [-0.2, 0) is 4.79 Å². The average Bonchev–Trinajstić information content (AvgIpc) is 3.10. The predicted octanol–water partition coefficient (Wildman–Crippen LogP) is 2.11. The Labute approximate surface area is 127 Å². The molecule has 2 heterocycles. The van der Waals surface area contributed by atoms with Crippen molar-refractivity contribution in [1.82, 2.24) is 9.88 Å². The Morgan fingerprint density at radius 2 is 2.14 bits per heavy atom. The van der Waals surface area contributed by atoms with E-state index in [-0.39, 0.29) is 12.5 Å². The second kappa shape index (κ2) is 5.05. The van der Waals surface area contributed by atoms with Gasteiger partial charge >= 0.3 is 5.97 Å². The van der Waals surface area contributed by atoms with Gasteiger partial charge in [-0.15, -0.1) is 0 Å². The monoisotopic (exact) mass is 302 g/mol. The highest BCUT2D eigenvalue weighted by Gasteiger charge is 2.42. The van der Waals surface area contributed by atoms with E-state index in [1.807, 2.05) is 18.2 Å². The minimum absolute atomic E-state index is 0.167. The maximum atomic E-state index is 12.6. The second-order valence-corrected chi connectivity index (χ2v) is 5.98. The lowest BCUT2D eigenvalue weighted by atomic mass is 9.90. The number of hydrogen-bond acceptors (Lipinski definition) is 3. The van der Waals surface area contributed by atoms with E-state index in [4.69, 9.17) is 4.74 Å². The SMILES string of the molecule is COc1ccc2[nH]c(C(=O)N3CCC(C)(C(=O)O)C3)cc2c1. The number of aromatic nitrogens is 1. The number of carbonyl (C=O) groups is 2. The zero-order valence-corrected chi connectivity index (χ0v) is 12.5. The Morgan fingerprint density at radius 3 is 2.77 bits per heavy atom. The summed E-state index contributed by atoms with van der Waals surface area (Å²) in [5.41, 5.74) is 0.465. The fourth-order valence-electron chi connectivity index (χ4n) is 2.83. The number of likely N-dealkylation sites (tertiary alicyclic amines) is 1. The minimum Gasteiger partial charge on any atom is -0.497 e. The topological polar surface area (TPSA) is 82.6 Å². The van der Waals surface area contributed by atoms with Crippen molar-refractivity contribution in [3.63, 3.8) is 0 Å². The van der Waals surface area contributed by atoms with Gasteiger partial charge in [0.25, 0.3) is 5.91 Å². The average molecular weight is 302 g/mol. The summed E-state index contributed by atoms with van der Waals surface area (Å²) < 4.78 is 5.17. The molecule has 0 saturated carbocycles. The van der Waals surface area contributed by atoms with Gasteiger partial charge < -0.3 is 19.7 Å². The van der Waals surface area contributed by atoms with Gasteiger partial charge in [0.05, 0.1) is 12.5 Å². The molecule has 0 bridgehead atoms. The number of carboxylic acids is 1. The quantitative estimate of drug-likeness (QED) is 0.909. The van der Waals surface area contributed by atoms with E-state index in [0.717, 1.165) is 16.7 Å². The van der Waals surface area contributed by atoms with Gasteiger partial charge in [0, 0.05) is 24.0 Å². The number of ether oxygens (including phenoxy) is 1. The zero-order valence-electron chi connectivity index (χ0n) is 12.5. The van der Waals surface area contributed by atoms with Gasteiger partial charge in [0.2, 0.25) is 0 Å². The van der Waals surface area contributed by atoms with Crippen molar-refractivity contribution in [2.75, 3.05) is 20.2 Å². The van der Waals surface area contributed by atoms with E-state index in [9.17, 15) is 14.7 Å². The number of nitrogens with one attached hydrogen (secondary N) is 1. The molecule has 0 aliphatic carbocycles. The number of benzene rings is 1. The second-order valence-electron chi connectivity index (χ2n) is 5.98. The Hall–Kier alpha value is -2.50. The third kappa shape index (κ3) is 2.30. The molecule has 3 rings (SSSR count). The number of H-pyrrole nitrogens is 1. The molecule has 6 heteroatoms. The molecule has 22 heavy (non-hydrogen) atoms. The molecule has 2 N–H and O–H groups in total. The van der Waals surface area contributed by atoms with E-state index < -0.39 is 11.4 Å². The summed E-state index contributed by atoms with van der Waals surface area (Å²) in [5, 5.41) is 10.1. The standard InChI is InChI=1S/C16H18N2O4/c1-16(15(20)21)5-6-18(9-16)14(19)13-8-10-7-11(22-2)3-4-12(10)17-13/h3-4,7-8,17H,5-6,9H2,1-2H3,(H,20,21). The summed E-state index contributed by atoms with van der Waals surface area (Å²) in [7, 11) is 1.59. The number of rotatable bonds is 3. The lowest BCUT2D eigenvalue weighted by molar-refractivity contribution is -0.147. The molecule has 1 aromatic heterocycles. The van der Waals surface area contributed by atoms with Crippen molar-refractivity contribution in [2.24, 2.45) is 5.41 Å². The first-order chi connectivity index (χ1) is 10.4. The van der Waals surface area contributed by atoms with Crippen LogP contribution in [0.5, 0.6) is 5.75 Å². The van der Waals surface area contributed by atoms with Gasteiger partial charge in [-0.05, 0) is 37.6 Å². The highest BCUT2D eigenvalue weighted by molar-refractivity contribution is 5.98. The van der Waals surface area contributed by atoms with Crippen molar-refractivity contribution < 1.29 is 19.4 Å². The smallest absolute Gasteiger partial charge is 0.311 e. The third-order valence-electron chi connectivity index (χ3n) is 4.34. The fraction of sp³-hybridized carbons (Fsp3) is 0.375. The van der Waals surface area contributed by atoms with E-state index in [2.05, 4.69) is 4.98 Å². The largest absolute Gasteiger partial charge is 0.497 e. The fourth-order valence-corrected chi connectivity index (χ4v) is 2.83. The maximum Gasteiger partial charge on any atom is 0.311 e. The molecule has 1 saturated heterocycles. The molecule has 0 radical (unpaired) electrons. The highest BCUT2D eigenvalue weighted by atomic mass is 16.5. The first-order valence-corrected chi connectivity index (χ1v) is 7.12. The van der Waals surface area contributed by atoms with E-state index >= 15 is 0 Å². The van der Waals surface area contributed by atoms with E-state index in [0.29, 0.717) is 18.7 Å². The van der Waals surface area contributed by atoms with Crippen molar-refractivity contribution in [3.05, 3.63) is 30.0 Å². The lowest BCUT2D eigenvalue weighted by Crippen LogP contribution is -2.35. The first-order valence-electron chi connectivity index (χ1n) is 7.12. The van der Waals surface area contributed by atoms with Crippen molar-refractivity contribution >= 4 is 22.8 Å². The Balaban J connectivity index is 1.85. The molecule has 1 atom stereocenters. The van der Waals surface area contributed by atoms with Gasteiger partial charge in [-0.2, -0.15) is 0 Å². The van der Waals surface area contributed by atoms with Crippen LogP contribution < -0.4 is 4.74 Å². The van der Waals surface area contributed by atoms with Crippen LogP contribution in [-0.4, -0.2) is 47.1 Å². The van der Waals surface area contributed by atoms with Gasteiger partial charge in [-0.3, -0.25) is 9.59 Å². The van der Waals surface area contributed by atoms with Gasteiger partial charge in [0.15, 0.2) is 0 Å². The van der Waals surface area contributed by atoms with Crippen molar-refractivity contribution in [2.45, 2.75) is 13.3 Å². The predicted molar refractivity (Wildman–Crippen MR) is 81.1 cm³/mol. The molecular formula is C16H18N2O4. The Bertz CT molecular complexity index is 752. The van der Waals surface area contributed by atoms with Crippen LogP contribution in [0.4, 0.5) is 0 Å². The zero-order chi connectivity index (χ0) is 15.9. The molecule has 1 unspecified atom stereocenters. The molecule has 1 aliphatic rings. The van der Waals surface area contributed by atoms with E-state index in [1.54, 1.807) is 25.0 Å². The van der Waals surface area contributed by atoms with Gasteiger partial charge in [-0.1, -0.05) is 0 Å². The van der Waals surface area contributed by atoms with Gasteiger partial charge in [-0.25, -0.2) is 0 Å². The Morgan fingerprint density at radius 1 is 1.36 bits per heavy atom. The van der Waals surface area contributed by atoms with E-state index in [1.165, 1.54) is 0 Å². The van der Waals surface area contributed by atoms with Crippen LogP contribution in [0.25, 0.3) is 10.9 Å².